The first-order valence-corrected chi connectivity index (χ1v) is 5.38. The molecule has 0 fully saturated rings. The Labute approximate surface area is 94.5 Å². The maximum Gasteiger partial charge on any atom is 0.143 e. The fourth-order valence-electron chi connectivity index (χ4n) is 1.62. The molecule has 0 saturated heterocycles. The van der Waals surface area contributed by atoms with Crippen molar-refractivity contribution in [3.05, 3.63) is 36.2 Å². The van der Waals surface area contributed by atoms with Crippen LogP contribution in [0.15, 0.2) is 30.6 Å². The van der Waals surface area contributed by atoms with Crippen LogP contribution in [0.1, 0.15) is 25.5 Å². The van der Waals surface area contributed by atoms with Gasteiger partial charge in [0.1, 0.15) is 6.33 Å². The van der Waals surface area contributed by atoms with Gasteiger partial charge in [0.05, 0.1) is 5.69 Å². The first-order valence-electron chi connectivity index (χ1n) is 5.38. The van der Waals surface area contributed by atoms with Crippen LogP contribution in [0.2, 0.25) is 0 Å². The van der Waals surface area contributed by atoms with Crippen molar-refractivity contribution in [3.63, 3.8) is 0 Å². The zero-order valence-electron chi connectivity index (χ0n) is 9.46. The summed E-state index contributed by atoms with van der Waals surface area (Å²) in [5, 5.41) is 14.4. The van der Waals surface area contributed by atoms with Crippen molar-refractivity contribution >= 4 is 0 Å². The zero-order valence-corrected chi connectivity index (χ0v) is 9.46. The fourth-order valence-corrected chi connectivity index (χ4v) is 1.62. The number of hydrogen-bond acceptors (Lipinski definition) is 4. The van der Waals surface area contributed by atoms with Gasteiger partial charge in [-0.15, -0.1) is 5.10 Å². The van der Waals surface area contributed by atoms with Gasteiger partial charge in [0.25, 0.3) is 0 Å². The Bertz CT molecular complexity index is 420. The molecule has 1 aromatic carbocycles. The summed E-state index contributed by atoms with van der Waals surface area (Å²) in [5.41, 5.74) is 2.23. The molecular formula is C11H15N5. The Balaban J connectivity index is 2.16. The molecule has 5 heteroatoms. The van der Waals surface area contributed by atoms with Crippen LogP contribution in [0.4, 0.5) is 0 Å². The average molecular weight is 217 g/mol. The van der Waals surface area contributed by atoms with Crippen LogP contribution < -0.4 is 5.32 Å². The van der Waals surface area contributed by atoms with Gasteiger partial charge in [0.2, 0.25) is 0 Å². The highest BCUT2D eigenvalue weighted by atomic mass is 15.5. The second-order valence-corrected chi connectivity index (χ2v) is 3.63. The first-order chi connectivity index (χ1) is 7.81. The summed E-state index contributed by atoms with van der Waals surface area (Å²) < 4.78 is 1.64. The van der Waals surface area contributed by atoms with Crippen LogP contribution in [0, 0.1) is 0 Å². The minimum Gasteiger partial charge on any atom is -0.310 e. The monoisotopic (exact) mass is 217 g/mol. The Morgan fingerprint density at radius 1 is 1.31 bits per heavy atom. The lowest BCUT2D eigenvalue weighted by atomic mass is 10.1. The number of tetrazole rings is 1. The zero-order chi connectivity index (χ0) is 11.4. The molecule has 0 saturated carbocycles. The van der Waals surface area contributed by atoms with Gasteiger partial charge in [-0.1, -0.05) is 19.1 Å². The molecule has 1 aromatic heterocycles. The molecule has 0 spiro atoms. The second kappa shape index (κ2) is 4.85. The maximum absolute atomic E-state index is 3.84. The quantitative estimate of drug-likeness (QED) is 0.839. The molecule has 1 unspecified atom stereocenters. The fraction of sp³-hybridized carbons (Fsp3) is 0.364. The Morgan fingerprint density at radius 3 is 2.62 bits per heavy atom. The molecule has 1 N–H and O–H groups in total. The van der Waals surface area contributed by atoms with Crippen LogP contribution in [0.25, 0.3) is 5.69 Å². The number of benzene rings is 1. The summed E-state index contributed by atoms with van der Waals surface area (Å²) in [6, 6.07) is 8.57. The number of hydrogen-bond donors (Lipinski definition) is 1. The highest BCUT2D eigenvalue weighted by Gasteiger charge is 2.03. The van der Waals surface area contributed by atoms with Gasteiger partial charge in [-0.3, -0.25) is 0 Å². The predicted molar refractivity (Wildman–Crippen MR) is 61.2 cm³/mol. The SMILES string of the molecule is CCNC(C)c1ccc(-n2cnnn2)cc1. The van der Waals surface area contributed by atoms with E-state index < -0.39 is 0 Å². The van der Waals surface area contributed by atoms with E-state index in [1.54, 1.807) is 11.0 Å². The van der Waals surface area contributed by atoms with Crippen molar-refractivity contribution < 1.29 is 0 Å². The molecule has 0 aliphatic heterocycles. The largest absolute Gasteiger partial charge is 0.310 e. The molecule has 0 aliphatic rings. The highest BCUT2D eigenvalue weighted by molar-refractivity contribution is 5.34. The van der Waals surface area contributed by atoms with Crippen molar-refractivity contribution in [3.8, 4) is 5.69 Å². The molecule has 2 aromatic rings. The molecule has 0 radical (unpaired) electrons. The molecular weight excluding hydrogens is 202 g/mol. The van der Waals surface area contributed by atoms with Crippen LogP contribution in [-0.4, -0.2) is 26.8 Å². The minimum absolute atomic E-state index is 0.368. The third-order valence-electron chi connectivity index (χ3n) is 2.52. The molecule has 1 atom stereocenters. The van der Waals surface area contributed by atoms with E-state index in [0.717, 1.165) is 12.2 Å². The molecule has 5 nitrogen and oxygen atoms in total. The van der Waals surface area contributed by atoms with Gasteiger partial charge < -0.3 is 5.32 Å². The summed E-state index contributed by atoms with van der Waals surface area (Å²) in [6.45, 7) is 5.22. The lowest BCUT2D eigenvalue weighted by Crippen LogP contribution is -2.17. The van der Waals surface area contributed by atoms with E-state index >= 15 is 0 Å². The van der Waals surface area contributed by atoms with Crippen molar-refractivity contribution in [2.45, 2.75) is 19.9 Å². The first kappa shape index (κ1) is 10.8. The number of nitrogens with zero attached hydrogens (tertiary/aromatic N) is 4. The van der Waals surface area contributed by atoms with Crippen molar-refractivity contribution in [2.24, 2.45) is 0 Å². The summed E-state index contributed by atoms with van der Waals surface area (Å²) in [6.07, 6.45) is 1.59. The van der Waals surface area contributed by atoms with Gasteiger partial charge in [0.15, 0.2) is 0 Å². The van der Waals surface area contributed by atoms with Gasteiger partial charge >= 0.3 is 0 Å². The smallest absolute Gasteiger partial charge is 0.143 e. The van der Waals surface area contributed by atoms with Gasteiger partial charge in [0, 0.05) is 6.04 Å². The third-order valence-corrected chi connectivity index (χ3v) is 2.52. The molecule has 0 amide bonds. The molecule has 0 bridgehead atoms. The van der Waals surface area contributed by atoms with E-state index in [1.165, 1.54) is 5.56 Å². The maximum atomic E-state index is 3.84. The van der Waals surface area contributed by atoms with E-state index in [9.17, 15) is 0 Å². The average Bonchev–Trinajstić information content (AvgIpc) is 2.83. The molecule has 16 heavy (non-hydrogen) atoms. The minimum atomic E-state index is 0.368. The van der Waals surface area contributed by atoms with E-state index in [4.69, 9.17) is 0 Å². The van der Waals surface area contributed by atoms with E-state index in [1.807, 2.05) is 12.1 Å². The highest BCUT2D eigenvalue weighted by Crippen LogP contribution is 2.14. The van der Waals surface area contributed by atoms with Gasteiger partial charge in [-0.05, 0) is 41.6 Å². The Hall–Kier alpha value is -1.75. The van der Waals surface area contributed by atoms with E-state index in [2.05, 4.69) is 46.8 Å². The lowest BCUT2D eigenvalue weighted by Gasteiger charge is -2.12. The summed E-state index contributed by atoms with van der Waals surface area (Å²) in [7, 11) is 0. The van der Waals surface area contributed by atoms with Crippen molar-refractivity contribution in [2.75, 3.05) is 6.54 Å². The van der Waals surface area contributed by atoms with Crippen LogP contribution in [-0.2, 0) is 0 Å². The third kappa shape index (κ3) is 2.25. The number of rotatable bonds is 4. The van der Waals surface area contributed by atoms with Gasteiger partial charge in [-0.2, -0.15) is 0 Å². The van der Waals surface area contributed by atoms with Crippen molar-refractivity contribution in [1.82, 2.24) is 25.5 Å². The summed E-state index contributed by atoms with van der Waals surface area (Å²) in [4.78, 5) is 0. The Kier molecular flexibility index (Phi) is 3.26. The second-order valence-electron chi connectivity index (χ2n) is 3.63. The summed E-state index contributed by atoms with van der Waals surface area (Å²) >= 11 is 0. The lowest BCUT2D eigenvalue weighted by molar-refractivity contribution is 0.598. The standard InChI is InChI=1S/C11H15N5/c1-3-12-9(2)10-4-6-11(7-5-10)16-8-13-14-15-16/h4-9,12H,3H2,1-2H3. The van der Waals surface area contributed by atoms with Gasteiger partial charge in [-0.25, -0.2) is 4.68 Å². The van der Waals surface area contributed by atoms with Crippen LogP contribution >= 0.6 is 0 Å². The number of aromatic nitrogens is 4. The van der Waals surface area contributed by atoms with Crippen LogP contribution in [0.5, 0.6) is 0 Å². The molecule has 84 valence electrons. The normalized spacial score (nSPS) is 12.6. The van der Waals surface area contributed by atoms with E-state index in [0.29, 0.717) is 6.04 Å². The topological polar surface area (TPSA) is 55.6 Å². The van der Waals surface area contributed by atoms with Crippen molar-refractivity contribution in [1.29, 1.82) is 0 Å². The molecule has 2 rings (SSSR count). The predicted octanol–water partition coefficient (Wildman–Crippen LogP) is 1.33. The van der Waals surface area contributed by atoms with E-state index in [-0.39, 0.29) is 0 Å². The molecule has 1 heterocycles. The Morgan fingerprint density at radius 2 is 2.06 bits per heavy atom. The summed E-state index contributed by atoms with van der Waals surface area (Å²) in [5.74, 6) is 0. The molecule has 0 aliphatic carbocycles. The van der Waals surface area contributed by atoms with Crippen LogP contribution in [0.3, 0.4) is 0 Å². The number of nitrogens with one attached hydrogen (secondary N) is 1.